The summed E-state index contributed by atoms with van der Waals surface area (Å²) in [5.41, 5.74) is 1.72. The summed E-state index contributed by atoms with van der Waals surface area (Å²) in [4.78, 5) is 24.3. The van der Waals surface area contributed by atoms with Crippen LogP contribution in [0.25, 0.3) is 0 Å². The number of amides is 2. The smallest absolute Gasteiger partial charge is 0.313 e. The number of ether oxygens (including phenoxy) is 2. The highest BCUT2D eigenvalue weighted by Crippen LogP contribution is 2.28. The Balaban J connectivity index is 1.54. The maximum atomic E-state index is 12.2. The van der Waals surface area contributed by atoms with Crippen molar-refractivity contribution in [3.8, 4) is 11.5 Å². The van der Waals surface area contributed by atoms with Gasteiger partial charge >= 0.3 is 11.8 Å². The second kappa shape index (κ2) is 9.69. The summed E-state index contributed by atoms with van der Waals surface area (Å²) in [5, 5.41) is 5.08. The van der Waals surface area contributed by atoms with E-state index in [2.05, 4.69) is 10.6 Å². The van der Waals surface area contributed by atoms with Gasteiger partial charge in [0, 0.05) is 18.8 Å². The molecule has 10 heteroatoms. The van der Waals surface area contributed by atoms with Crippen molar-refractivity contribution in [2.24, 2.45) is 0 Å². The van der Waals surface area contributed by atoms with Crippen LogP contribution >= 0.6 is 0 Å². The van der Waals surface area contributed by atoms with E-state index in [0.717, 1.165) is 5.56 Å². The summed E-state index contributed by atoms with van der Waals surface area (Å²) in [5.74, 6) is -0.303. The molecule has 9 nitrogen and oxygen atoms in total. The minimum absolute atomic E-state index is 0.103. The van der Waals surface area contributed by atoms with E-state index < -0.39 is 21.8 Å². The molecule has 1 fully saturated rings. The number of carbonyl (C=O) groups is 2. The number of carbonyl (C=O) groups excluding carboxylic acids is 2. The molecular formula is C21H25N3O6S. The number of rotatable bonds is 7. The summed E-state index contributed by atoms with van der Waals surface area (Å²) in [6, 6.07) is 11.9. The molecule has 2 aromatic carbocycles. The Morgan fingerprint density at radius 3 is 2.48 bits per heavy atom. The summed E-state index contributed by atoms with van der Waals surface area (Å²) >= 11 is 0. The van der Waals surface area contributed by atoms with Gasteiger partial charge in [0.05, 0.1) is 25.7 Å². The molecule has 0 aromatic heterocycles. The monoisotopic (exact) mass is 447 g/mol. The Bertz CT molecular complexity index is 1070. The van der Waals surface area contributed by atoms with E-state index in [1.54, 1.807) is 38.5 Å². The third kappa shape index (κ3) is 5.46. The van der Waals surface area contributed by atoms with Gasteiger partial charge in [-0.3, -0.25) is 13.9 Å². The molecule has 0 aliphatic carbocycles. The van der Waals surface area contributed by atoms with Crippen LogP contribution in [-0.4, -0.2) is 53.3 Å². The van der Waals surface area contributed by atoms with E-state index in [1.165, 1.54) is 10.4 Å². The molecule has 2 N–H and O–H groups in total. The average Bonchev–Trinajstić information content (AvgIpc) is 3.12. The molecule has 2 amide bonds. The highest BCUT2D eigenvalue weighted by atomic mass is 32.2. The van der Waals surface area contributed by atoms with Crippen molar-refractivity contribution in [2.45, 2.75) is 12.8 Å². The van der Waals surface area contributed by atoms with Gasteiger partial charge in [-0.05, 0) is 48.7 Å². The van der Waals surface area contributed by atoms with Crippen molar-refractivity contribution < 1.29 is 27.5 Å². The second-order valence-electron chi connectivity index (χ2n) is 6.94. The molecular weight excluding hydrogens is 422 g/mol. The van der Waals surface area contributed by atoms with Crippen LogP contribution in [0.1, 0.15) is 12.0 Å². The Morgan fingerprint density at radius 2 is 1.81 bits per heavy atom. The molecule has 1 saturated heterocycles. The van der Waals surface area contributed by atoms with Crippen LogP contribution in [-0.2, 0) is 26.0 Å². The Labute approximate surface area is 181 Å². The first-order valence-corrected chi connectivity index (χ1v) is 11.4. The van der Waals surface area contributed by atoms with Crippen LogP contribution < -0.4 is 24.4 Å². The minimum Gasteiger partial charge on any atom is -0.493 e. The van der Waals surface area contributed by atoms with Gasteiger partial charge in [0.2, 0.25) is 10.0 Å². The molecule has 1 aliphatic heterocycles. The standard InChI is InChI=1S/C21H25N3O6S/c1-29-18-8-7-15(13-19(18)30-2)9-10-22-20(25)21(26)23-16-5-3-6-17(14-16)24-11-4-12-31(24,27)28/h3,5-8,13-14H,4,9-12H2,1-2H3,(H,22,25)(H,23,26). The van der Waals surface area contributed by atoms with Gasteiger partial charge in [0.25, 0.3) is 0 Å². The molecule has 0 bridgehead atoms. The first kappa shape index (κ1) is 22.4. The number of hydrogen-bond acceptors (Lipinski definition) is 6. The van der Waals surface area contributed by atoms with Crippen LogP contribution in [0.4, 0.5) is 11.4 Å². The molecule has 31 heavy (non-hydrogen) atoms. The van der Waals surface area contributed by atoms with E-state index in [9.17, 15) is 18.0 Å². The maximum absolute atomic E-state index is 12.2. The zero-order chi connectivity index (χ0) is 22.4. The molecule has 2 aromatic rings. The summed E-state index contributed by atoms with van der Waals surface area (Å²) in [6.07, 6.45) is 1.06. The van der Waals surface area contributed by atoms with Crippen LogP contribution in [0, 0.1) is 0 Å². The quantitative estimate of drug-likeness (QED) is 0.623. The van der Waals surface area contributed by atoms with E-state index in [0.29, 0.717) is 42.3 Å². The fraction of sp³-hybridized carbons (Fsp3) is 0.333. The number of methoxy groups -OCH3 is 2. The fourth-order valence-electron chi connectivity index (χ4n) is 3.29. The number of nitrogens with one attached hydrogen (secondary N) is 2. The van der Waals surface area contributed by atoms with Gasteiger partial charge < -0.3 is 20.1 Å². The van der Waals surface area contributed by atoms with Gasteiger partial charge in [-0.25, -0.2) is 8.42 Å². The van der Waals surface area contributed by atoms with Crippen molar-refractivity contribution in [3.63, 3.8) is 0 Å². The Kier molecular flexibility index (Phi) is 7.01. The zero-order valence-electron chi connectivity index (χ0n) is 17.4. The molecule has 1 heterocycles. The molecule has 0 spiro atoms. The van der Waals surface area contributed by atoms with Crippen LogP contribution in [0.15, 0.2) is 42.5 Å². The van der Waals surface area contributed by atoms with Gasteiger partial charge in [0.15, 0.2) is 11.5 Å². The molecule has 0 atom stereocenters. The lowest BCUT2D eigenvalue weighted by Gasteiger charge is -2.17. The lowest BCUT2D eigenvalue weighted by Crippen LogP contribution is -2.36. The highest BCUT2D eigenvalue weighted by molar-refractivity contribution is 7.93. The molecule has 3 rings (SSSR count). The predicted molar refractivity (Wildman–Crippen MR) is 117 cm³/mol. The van der Waals surface area contributed by atoms with Crippen molar-refractivity contribution in [2.75, 3.05) is 42.7 Å². The first-order valence-electron chi connectivity index (χ1n) is 9.74. The third-order valence-electron chi connectivity index (χ3n) is 4.84. The minimum atomic E-state index is -3.33. The normalized spacial score (nSPS) is 14.7. The maximum Gasteiger partial charge on any atom is 0.313 e. The zero-order valence-corrected chi connectivity index (χ0v) is 18.2. The van der Waals surface area contributed by atoms with Crippen molar-refractivity contribution in [1.82, 2.24) is 5.32 Å². The predicted octanol–water partition coefficient (Wildman–Crippen LogP) is 1.54. The van der Waals surface area contributed by atoms with Crippen LogP contribution in [0.3, 0.4) is 0 Å². The second-order valence-corrected chi connectivity index (χ2v) is 8.95. The molecule has 0 saturated carbocycles. The Hall–Kier alpha value is -3.27. The average molecular weight is 448 g/mol. The Morgan fingerprint density at radius 1 is 1.03 bits per heavy atom. The van der Waals surface area contributed by atoms with E-state index in [-0.39, 0.29) is 12.3 Å². The third-order valence-corrected chi connectivity index (χ3v) is 6.71. The highest BCUT2D eigenvalue weighted by Gasteiger charge is 2.28. The van der Waals surface area contributed by atoms with Crippen LogP contribution in [0.2, 0.25) is 0 Å². The molecule has 0 radical (unpaired) electrons. The number of sulfonamides is 1. The lowest BCUT2D eigenvalue weighted by atomic mass is 10.1. The number of nitrogens with zero attached hydrogens (tertiary/aromatic N) is 1. The molecule has 1 aliphatic rings. The van der Waals surface area contributed by atoms with E-state index >= 15 is 0 Å². The lowest BCUT2D eigenvalue weighted by molar-refractivity contribution is -0.136. The van der Waals surface area contributed by atoms with Crippen molar-refractivity contribution >= 4 is 33.2 Å². The topological polar surface area (TPSA) is 114 Å². The van der Waals surface area contributed by atoms with Gasteiger partial charge in [0.1, 0.15) is 0 Å². The summed E-state index contributed by atoms with van der Waals surface area (Å²) < 4.78 is 35.9. The number of hydrogen-bond donors (Lipinski definition) is 2. The van der Waals surface area contributed by atoms with E-state index in [4.69, 9.17) is 9.47 Å². The van der Waals surface area contributed by atoms with Gasteiger partial charge in [-0.15, -0.1) is 0 Å². The number of benzene rings is 2. The first-order chi connectivity index (χ1) is 14.8. The van der Waals surface area contributed by atoms with Crippen LogP contribution in [0.5, 0.6) is 11.5 Å². The van der Waals surface area contributed by atoms with Crippen molar-refractivity contribution in [1.29, 1.82) is 0 Å². The number of anilines is 2. The van der Waals surface area contributed by atoms with Gasteiger partial charge in [-0.1, -0.05) is 12.1 Å². The van der Waals surface area contributed by atoms with Crippen molar-refractivity contribution in [3.05, 3.63) is 48.0 Å². The van der Waals surface area contributed by atoms with E-state index in [1.807, 2.05) is 12.1 Å². The largest absolute Gasteiger partial charge is 0.493 e. The summed E-state index contributed by atoms with van der Waals surface area (Å²) in [7, 11) is -0.230. The summed E-state index contributed by atoms with van der Waals surface area (Å²) in [6.45, 7) is 0.657. The molecule has 0 unspecified atom stereocenters. The van der Waals surface area contributed by atoms with Gasteiger partial charge in [-0.2, -0.15) is 0 Å². The molecule has 166 valence electrons. The fourth-order valence-corrected chi connectivity index (χ4v) is 4.85. The SMILES string of the molecule is COc1ccc(CCNC(=O)C(=O)Nc2cccc(N3CCCS3(=O)=O)c2)cc1OC.